The third-order valence-corrected chi connectivity index (χ3v) is 5.53. The van der Waals surface area contributed by atoms with Crippen LogP contribution in [0.3, 0.4) is 0 Å². The van der Waals surface area contributed by atoms with Crippen molar-refractivity contribution in [2.24, 2.45) is 0 Å². The number of piperazine rings is 1. The molecule has 3 aromatic rings. The summed E-state index contributed by atoms with van der Waals surface area (Å²) in [7, 11) is 0. The van der Waals surface area contributed by atoms with E-state index in [1.165, 1.54) is 5.69 Å². The minimum atomic E-state index is -0.303. The lowest BCUT2D eigenvalue weighted by Crippen LogP contribution is -2.48. The average Bonchev–Trinajstić information content (AvgIpc) is 2.85. The van der Waals surface area contributed by atoms with Gasteiger partial charge in [-0.3, -0.25) is 9.59 Å². The summed E-state index contributed by atoms with van der Waals surface area (Å²) in [5.74, 6) is 0.142. The fraction of sp³-hybridized carbons (Fsp3) is 0.231. The van der Waals surface area contributed by atoms with E-state index in [4.69, 9.17) is 4.74 Å². The van der Waals surface area contributed by atoms with Gasteiger partial charge in [-0.2, -0.15) is 0 Å². The summed E-state index contributed by atoms with van der Waals surface area (Å²) < 4.78 is 5.57. The van der Waals surface area contributed by atoms with Crippen LogP contribution in [0.15, 0.2) is 78.9 Å². The lowest BCUT2D eigenvalue weighted by Gasteiger charge is -2.36. The maximum atomic E-state index is 13.3. The molecular formula is C26H27N3O3. The second-order valence-corrected chi connectivity index (χ2v) is 7.54. The first-order valence-corrected chi connectivity index (χ1v) is 10.9. The summed E-state index contributed by atoms with van der Waals surface area (Å²) in [5.41, 5.74) is 2.59. The van der Waals surface area contributed by atoms with Gasteiger partial charge >= 0.3 is 0 Å². The van der Waals surface area contributed by atoms with Gasteiger partial charge in [0.15, 0.2) is 0 Å². The zero-order valence-electron chi connectivity index (χ0n) is 18.2. The topological polar surface area (TPSA) is 61.9 Å². The van der Waals surface area contributed by atoms with Gasteiger partial charge in [0, 0.05) is 31.9 Å². The van der Waals surface area contributed by atoms with Crippen molar-refractivity contribution < 1.29 is 14.3 Å². The molecule has 0 atom stereocenters. The number of carbonyl (C=O) groups excluding carboxylic acids is 2. The predicted octanol–water partition coefficient (Wildman–Crippen LogP) is 4.30. The molecule has 0 bridgehead atoms. The van der Waals surface area contributed by atoms with Gasteiger partial charge in [-0.15, -0.1) is 0 Å². The molecule has 1 aliphatic rings. The van der Waals surface area contributed by atoms with Crippen LogP contribution >= 0.6 is 0 Å². The van der Waals surface area contributed by atoms with E-state index in [0.29, 0.717) is 42.3 Å². The van der Waals surface area contributed by atoms with Crippen molar-refractivity contribution >= 4 is 23.2 Å². The van der Waals surface area contributed by atoms with E-state index < -0.39 is 0 Å². The number of rotatable bonds is 6. The summed E-state index contributed by atoms with van der Waals surface area (Å²) in [5, 5.41) is 2.90. The maximum Gasteiger partial charge on any atom is 0.259 e. The summed E-state index contributed by atoms with van der Waals surface area (Å²) >= 11 is 0. The summed E-state index contributed by atoms with van der Waals surface area (Å²) in [4.78, 5) is 30.3. The van der Waals surface area contributed by atoms with E-state index in [0.717, 1.165) is 13.1 Å². The normalized spacial score (nSPS) is 13.5. The number of amides is 2. The highest BCUT2D eigenvalue weighted by Crippen LogP contribution is 2.23. The number of hydrogen-bond donors (Lipinski definition) is 1. The van der Waals surface area contributed by atoms with Crippen molar-refractivity contribution in [1.29, 1.82) is 0 Å². The molecule has 0 spiro atoms. The van der Waals surface area contributed by atoms with Gasteiger partial charge < -0.3 is 19.9 Å². The van der Waals surface area contributed by atoms with Crippen molar-refractivity contribution in [3.63, 3.8) is 0 Å². The number of hydrogen-bond acceptors (Lipinski definition) is 4. The molecule has 0 aliphatic carbocycles. The van der Waals surface area contributed by atoms with Crippen molar-refractivity contribution in [2.75, 3.05) is 43.0 Å². The summed E-state index contributed by atoms with van der Waals surface area (Å²) in [6, 6.07) is 24.5. The molecule has 0 radical (unpaired) electrons. The monoisotopic (exact) mass is 429 g/mol. The number of ether oxygens (including phenoxy) is 1. The van der Waals surface area contributed by atoms with Crippen molar-refractivity contribution in [3.05, 3.63) is 90.0 Å². The Morgan fingerprint density at radius 2 is 1.44 bits per heavy atom. The highest BCUT2D eigenvalue weighted by molar-refractivity contribution is 6.10. The average molecular weight is 430 g/mol. The quantitative estimate of drug-likeness (QED) is 0.635. The van der Waals surface area contributed by atoms with Gasteiger partial charge in [0.1, 0.15) is 5.75 Å². The zero-order chi connectivity index (χ0) is 22.3. The third-order valence-electron chi connectivity index (χ3n) is 5.53. The Labute approximate surface area is 188 Å². The molecule has 6 nitrogen and oxygen atoms in total. The Bertz CT molecular complexity index is 1080. The zero-order valence-corrected chi connectivity index (χ0v) is 18.2. The van der Waals surface area contributed by atoms with Crippen LogP contribution < -0.4 is 15.0 Å². The molecule has 0 unspecified atom stereocenters. The van der Waals surface area contributed by atoms with Crippen LogP contribution in [-0.2, 0) is 0 Å². The van der Waals surface area contributed by atoms with E-state index in [1.54, 1.807) is 30.3 Å². The molecule has 1 saturated heterocycles. The van der Waals surface area contributed by atoms with Gasteiger partial charge in [-0.1, -0.05) is 42.5 Å². The first kappa shape index (κ1) is 21.4. The molecule has 1 N–H and O–H groups in total. The van der Waals surface area contributed by atoms with Crippen LogP contribution in [0.5, 0.6) is 5.75 Å². The molecule has 164 valence electrons. The van der Waals surface area contributed by atoms with Crippen LogP contribution in [0, 0.1) is 0 Å². The first-order chi connectivity index (χ1) is 15.7. The molecule has 1 fully saturated rings. The highest BCUT2D eigenvalue weighted by atomic mass is 16.5. The van der Waals surface area contributed by atoms with Crippen LogP contribution in [0.2, 0.25) is 0 Å². The molecule has 1 aliphatic heterocycles. The van der Waals surface area contributed by atoms with E-state index in [2.05, 4.69) is 22.3 Å². The van der Waals surface area contributed by atoms with Crippen molar-refractivity contribution in [2.45, 2.75) is 6.92 Å². The van der Waals surface area contributed by atoms with Crippen molar-refractivity contribution in [3.8, 4) is 5.75 Å². The molecule has 0 saturated carbocycles. The van der Waals surface area contributed by atoms with Gasteiger partial charge in [0.05, 0.1) is 23.4 Å². The molecule has 4 rings (SSSR count). The van der Waals surface area contributed by atoms with E-state index in [9.17, 15) is 9.59 Å². The first-order valence-electron chi connectivity index (χ1n) is 10.9. The largest absolute Gasteiger partial charge is 0.493 e. The molecular weight excluding hydrogens is 402 g/mol. The smallest absolute Gasteiger partial charge is 0.259 e. The Morgan fingerprint density at radius 3 is 2.16 bits per heavy atom. The Balaban J connectivity index is 1.47. The van der Waals surface area contributed by atoms with E-state index >= 15 is 0 Å². The fourth-order valence-electron chi connectivity index (χ4n) is 3.88. The highest BCUT2D eigenvalue weighted by Gasteiger charge is 2.24. The Kier molecular flexibility index (Phi) is 6.70. The number of carbonyl (C=O) groups is 2. The third kappa shape index (κ3) is 4.75. The number of anilines is 2. The van der Waals surface area contributed by atoms with Crippen LogP contribution in [0.25, 0.3) is 0 Å². The van der Waals surface area contributed by atoms with E-state index in [1.807, 2.05) is 48.2 Å². The second kappa shape index (κ2) is 10.0. The van der Waals surface area contributed by atoms with Crippen LogP contribution in [-0.4, -0.2) is 49.5 Å². The summed E-state index contributed by atoms with van der Waals surface area (Å²) in [6.07, 6.45) is 0. The van der Waals surface area contributed by atoms with Crippen molar-refractivity contribution in [1.82, 2.24) is 4.90 Å². The molecule has 2 amide bonds. The molecule has 6 heteroatoms. The lowest BCUT2D eigenvalue weighted by atomic mass is 10.1. The summed E-state index contributed by atoms with van der Waals surface area (Å²) in [6.45, 7) is 5.14. The van der Waals surface area contributed by atoms with Gasteiger partial charge in [0.2, 0.25) is 0 Å². The van der Waals surface area contributed by atoms with Gasteiger partial charge in [-0.05, 0) is 43.3 Å². The minimum absolute atomic E-state index is 0.0771. The van der Waals surface area contributed by atoms with E-state index in [-0.39, 0.29) is 11.8 Å². The maximum absolute atomic E-state index is 13.3. The number of benzene rings is 3. The second-order valence-electron chi connectivity index (χ2n) is 7.54. The SMILES string of the molecule is CCOc1ccccc1C(=O)Nc1ccccc1C(=O)N1CCN(c2ccccc2)CC1. The molecule has 1 heterocycles. The predicted molar refractivity (Wildman–Crippen MR) is 127 cm³/mol. The minimum Gasteiger partial charge on any atom is -0.493 e. The number of nitrogens with one attached hydrogen (secondary N) is 1. The van der Waals surface area contributed by atoms with Crippen LogP contribution in [0.4, 0.5) is 11.4 Å². The molecule has 3 aromatic carbocycles. The lowest BCUT2D eigenvalue weighted by molar-refractivity contribution is 0.0748. The number of nitrogens with zero attached hydrogens (tertiary/aromatic N) is 2. The van der Waals surface area contributed by atoms with Gasteiger partial charge in [0.25, 0.3) is 11.8 Å². The van der Waals surface area contributed by atoms with Gasteiger partial charge in [-0.25, -0.2) is 0 Å². The number of para-hydroxylation sites is 3. The molecule has 0 aromatic heterocycles. The Morgan fingerprint density at radius 1 is 0.812 bits per heavy atom. The molecule has 32 heavy (non-hydrogen) atoms. The van der Waals surface area contributed by atoms with Crippen LogP contribution in [0.1, 0.15) is 27.6 Å². The fourth-order valence-corrected chi connectivity index (χ4v) is 3.88. The standard InChI is InChI=1S/C26H27N3O3/c1-2-32-24-15-9-7-13-22(24)25(30)27-23-14-8-6-12-21(23)26(31)29-18-16-28(17-19-29)20-10-4-3-5-11-20/h3-15H,2,16-19H2,1H3,(H,27,30). The Hall–Kier alpha value is -3.80.